The fourth-order valence-electron chi connectivity index (χ4n) is 3.10. The van der Waals surface area contributed by atoms with Crippen molar-refractivity contribution in [3.8, 4) is 11.5 Å². The number of amides is 1. The van der Waals surface area contributed by atoms with Gasteiger partial charge in [0.05, 0.1) is 23.2 Å². The highest BCUT2D eigenvalue weighted by atomic mass is 35.5. The average molecular weight is 472 g/mol. The number of hydrogen-bond donors (Lipinski definition) is 2. The van der Waals surface area contributed by atoms with Crippen molar-refractivity contribution < 1.29 is 23.1 Å². The molecule has 11 heteroatoms. The molecule has 0 aromatic heterocycles. The summed E-state index contributed by atoms with van der Waals surface area (Å²) in [6, 6.07) is 7.85. The van der Waals surface area contributed by atoms with E-state index in [1.165, 1.54) is 54.0 Å². The number of benzene rings is 2. The fraction of sp³-hybridized carbons (Fsp3) is 0.263. The minimum atomic E-state index is -3.85. The van der Waals surface area contributed by atoms with Crippen molar-refractivity contribution in [2.24, 2.45) is 5.10 Å². The first-order chi connectivity index (χ1) is 14.2. The third-order valence-corrected chi connectivity index (χ3v) is 7.05. The highest BCUT2D eigenvalue weighted by Gasteiger charge is 2.39. The second kappa shape index (κ2) is 9.22. The zero-order valence-electron chi connectivity index (χ0n) is 15.9. The van der Waals surface area contributed by atoms with E-state index in [-0.39, 0.29) is 28.0 Å². The average Bonchev–Trinajstić information content (AvgIpc) is 3.21. The number of methoxy groups -OCH3 is 1. The normalized spacial score (nSPS) is 17.4. The minimum absolute atomic E-state index is 0.0677. The van der Waals surface area contributed by atoms with Gasteiger partial charge in [0.15, 0.2) is 11.5 Å². The first-order valence-corrected chi connectivity index (χ1v) is 11.1. The van der Waals surface area contributed by atoms with Crippen LogP contribution >= 0.6 is 23.2 Å². The molecule has 0 bridgehead atoms. The zero-order chi connectivity index (χ0) is 21.9. The first-order valence-electron chi connectivity index (χ1n) is 8.91. The van der Waals surface area contributed by atoms with Gasteiger partial charge in [0.25, 0.3) is 5.91 Å². The Balaban J connectivity index is 1.73. The maximum Gasteiger partial charge on any atom is 0.258 e. The zero-order valence-corrected chi connectivity index (χ0v) is 18.2. The molecule has 0 spiro atoms. The molecule has 0 unspecified atom stereocenters. The van der Waals surface area contributed by atoms with Crippen LogP contribution in [0.15, 0.2) is 46.4 Å². The number of hydrazone groups is 1. The van der Waals surface area contributed by atoms with Crippen LogP contribution in [0.25, 0.3) is 0 Å². The van der Waals surface area contributed by atoms with E-state index in [1.807, 2.05) is 0 Å². The number of sulfonamides is 1. The van der Waals surface area contributed by atoms with Crippen LogP contribution in [-0.2, 0) is 14.8 Å². The Morgan fingerprint density at radius 1 is 1.30 bits per heavy atom. The van der Waals surface area contributed by atoms with Crippen LogP contribution in [0.5, 0.6) is 11.5 Å². The van der Waals surface area contributed by atoms with Gasteiger partial charge < -0.3 is 9.84 Å². The van der Waals surface area contributed by atoms with Crippen LogP contribution in [0.1, 0.15) is 18.4 Å². The van der Waals surface area contributed by atoms with E-state index < -0.39 is 22.0 Å². The quantitative estimate of drug-likeness (QED) is 0.497. The van der Waals surface area contributed by atoms with Crippen molar-refractivity contribution in [1.82, 2.24) is 9.73 Å². The van der Waals surface area contributed by atoms with Crippen LogP contribution in [-0.4, -0.2) is 49.6 Å². The summed E-state index contributed by atoms with van der Waals surface area (Å²) >= 11 is 11.7. The molecule has 1 aliphatic heterocycles. The molecule has 1 aliphatic rings. The number of nitrogens with one attached hydrogen (secondary N) is 1. The van der Waals surface area contributed by atoms with E-state index in [2.05, 4.69) is 10.5 Å². The van der Waals surface area contributed by atoms with E-state index in [0.29, 0.717) is 23.4 Å². The van der Waals surface area contributed by atoms with E-state index in [1.54, 1.807) is 0 Å². The molecular weight excluding hydrogens is 453 g/mol. The lowest BCUT2D eigenvalue weighted by molar-refractivity contribution is -0.124. The summed E-state index contributed by atoms with van der Waals surface area (Å²) in [7, 11) is -2.47. The summed E-state index contributed by atoms with van der Waals surface area (Å²) in [4.78, 5) is 12.6. The van der Waals surface area contributed by atoms with Gasteiger partial charge in [0.2, 0.25) is 10.0 Å². The number of aromatic hydroxyl groups is 1. The molecule has 2 aromatic carbocycles. The van der Waals surface area contributed by atoms with Crippen LogP contribution in [0.2, 0.25) is 10.0 Å². The molecular formula is C19H19Cl2N3O5S. The van der Waals surface area contributed by atoms with Crippen LogP contribution < -0.4 is 10.2 Å². The van der Waals surface area contributed by atoms with E-state index >= 15 is 0 Å². The number of hydrogen-bond acceptors (Lipinski definition) is 6. The number of carbonyl (C=O) groups excluding carboxylic acids is 1. The Morgan fingerprint density at radius 2 is 2.00 bits per heavy atom. The largest absolute Gasteiger partial charge is 0.503 e. The van der Waals surface area contributed by atoms with E-state index in [0.717, 1.165) is 0 Å². The van der Waals surface area contributed by atoms with Crippen LogP contribution in [0.3, 0.4) is 0 Å². The topological polar surface area (TPSA) is 108 Å². The van der Waals surface area contributed by atoms with Gasteiger partial charge in [-0.2, -0.15) is 9.41 Å². The highest BCUT2D eigenvalue weighted by Crippen LogP contribution is 2.34. The van der Waals surface area contributed by atoms with Crippen molar-refractivity contribution in [3.05, 3.63) is 52.0 Å². The number of nitrogens with zero attached hydrogens (tertiary/aromatic N) is 2. The smallest absolute Gasteiger partial charge is 0.258 e. The highest BCUT2D eigenvalue weighted by molar-refractivity contribution is 7.89. The minimum Gasteiger partial charge on any atom is -0.503 e. The number of phenolic OH excluding ortho intramolecular Hbond substituents is 1. The maximum absolute atomic E-state index is 12.9. The van der Waals surface area contributed by atoms with Gasteiger partial charge in [0, 0.05) is 11.6 Å². The van der Waals surface area contributed by atoms with Crippen LogP contribution in [0.4, 0.5) is 0 Å². The Hall–Kier alpha value is -2.33. The standard InChI is InChI=1S/C19H19Cl2N3O5S/c1-29-17-10-12(9-15(21)18(17)25)11-22-23-19(26)16-3-2-8-24(16)30(27,28)14-6-4-13(20)5-7-14/h4-7,9-11,16,25H,2-3,8H2,1H3,(H,23,26)/b22-11+/t16-/m1/s1. The number of halogens is 2. The molecule has 1 saturated heterocycles. The third kappa shape index (κ3) is 4.70. The fourth-order valence-corrected chi connectivity index (χ4v) is 5.10. The SMILES string of the molecule is COc1cc(/C=N/NC(=O)[C@H]2CCCN2S(=O)(=O)c2ccc(Cl)cc2)cc(Cl)c1O. The Labute approximate surface area is 184 Å². The molecule has 3 rings (SSSR count). The summed E-state index contributed by atoms with van der Waals surface area (Å²) < 4.78 is 32.0. The lowest BCUT2D eigenvalue weighted by Crippen LogP contribution is -2.44. The number of carbonyl (C=O) groups is 1. The van der Waals surface area contributed by atoms with E-state index in [9.17, 15) is 18.3 Å². The van der Waals surface area contributed by atoms with Crippen LogP contribution in [0, 0.1) is 0 Å². The number of rotatable bonds is 6. The Bertz CT molecular complexity index is 1070. The molecule has 0 saturated carbocycles. The molecule has 1 amide bonds. The molecule has 1 fully saturated rings. The lowest BCUT2D eigenvalue weighted by Gasteiger charge is -2.22. The van der Waals surface area contributed by atoms with Gasteiger partial charge in [-0.05, 0) is 54.8 Å². The van der Waals surface area contributed by atoms with Crippen molar-refractivity contribution >= 4 is 45.3 Å². The predicted octanol–water partition coefficient (Wildman–Crippen LogP) is 3.01. The Kier molecular flexibility index (Phi) is 6.87. The summed E-state index contributed by atoms with van der Waals surface area (Å²) in [5, 5.41) is 14.1. The van der Waals surface area contributed by atoms with Crippen molar-refractivity contribution in [2.45, 2.75) is 23.8 Å². The van der Waals surface area contributed by atoms with Gasteiger partial charge >= 0.3 is 0 Å². The van der Waals surface area contributed by atoms with E-state index in [4.69, 9.17) is 27.9 Å². The summed E-state index contributed by atoms with van der Waals surface area (Å²) in [5.41, 5.74) is 2.84. The van der Waals surface area contributed by atoms with Gasteiger partial charge in [-0.25, -0.2) is 13.8 Å². The molecule has 30 heavy (non-hydrogen) atoms. The Morgan fingerprint density at radius 3 is 2.67 bits per heavy atom. The summed E-state index contributed by atoms with van der Waals surface area (Å²) in [5.74, 6) is -0.584. The molecule has 8 nitrogen and oxygen atoms in total. The lowest BCUT2D eigenvalue weighted by atomic mass is 10.2. The second-order valence-electron chi connectivity index (χ2n) is 6.52. The number of ether oxygens (including phenoxy) is 1. The molecule has 160 valence electrons. The molecule has 1 atom stereocenters. The monoisotopic (exact) mass is 471 g/mol. The predicted molar refractivity (Wildman–Crippen MR) is 114 cm³/mol. The van der Waals surface area contributed by atoms with Gasteiger partial charge in [0.1, 0.15) is 6.04 Å². The summed E-state index contributed by atoms with van der Waals surface area (Å²) in [6.07, 6.45) is 2.26. The molecule has 2 aromatic rings. The van der Waals surface area contributed by atoms with Gasteiger partial charge in [-0.1, -0.05) is 23.2 Å². The molecule has 0 radical (unpaired) electrons. The van der Waals surface area contributed by atoms with Gasteiger partial charge in [-0.15, -0.1) is 0 Å². The van der Waals surface area contributed by atoms with Crippen molar-refractivity contribution in [3.63, 3.8) is 0 Å². The third-order valence-electron chi connectivity index (χ3n) is 4.59. The number of phenols is 1. The second-order valence-corrected chi connectivity index (χ2v) is 9.25. The molecule has 2 N–H and O–H groups in total. The molecule has 0 aliphatic carbocycles. The van der Waals surface area contributed by atoms with Crippen molar-refractivity contribution in [2.75, 3.05) is 13.7 Å². The van der Waals surface area contributed by atoms with Crippen molar-refractivity contribution in [1.29, 1.82) is 0 Å². The maximum atomic E-state index is 12.9. The molecule has 1 heterocycles. The van der Waals surface area contributed by atoms with Gasteiger partial charge in [-0.3, -0.25) is 4.79 Å². The first kappa shape index (κ1) is 22.4. The summed E-state index contributed by atoms with van der Waals surface area (Å²) in [6.45, 7) is 0.234.